The molecule has 2 aromatic rings. The molecule has 28 heavy (non-hydrogen) atoms. The first-order valence-electron chi connectivity index (χ1n) is 8.59. The molecule has 14 heteroatoms. The maximum absolute atomic E-state index is 14.6. The van der Waals surface area contributed by atoms with Gasteiger partial charge in [0, 0.05) is 13.1 Å². The number of rotatable bonds is 5. The molecule has 2 saturated heterocycles. The number of anilines is 1. The molecule has 0 aliphatic carbocycles. The van der Waals surface area contributed by atoms with Gasteiger partial charge in [0.15, 0.2) is 23.9 Å². The lowest BCUT2D eigenvalue weighted by Crippen LogP contribution is -2.35. The summed E-state index contributed by atoms with van der Waals surface area (Å²) in [5.41, 5.74) is 6.29. The van der Waals surface area contributed by atoms with Crippen LogP contribution in [0.25, 0.3) is 11.2 Å². The van der Waals surface area contributed by atoms with Crippen LogP contribution in [0.4, 0.5) is 10.2 Å². The zero-order valence-corrected chi connectivity index (χ0v) is 15.6. The second-order valence-electron chi connectivity index (χ2n) is 6.44. The maximum Gasteiger partial charge on any atom is 0.405 e. The summed E-state index contributed by atoms with van der Waals surface area (Å²) in [5.74, 6) is 0.139. The number of aromatic nitrogens is 4. The molecule has 154 valence electrons. The molecule has 4 N–H and O–H groups in total. The van der Waals surface area contributed by atoms with E-state index in [0.29, 0.717) is 18.7 Å². The van der Waals surface area contributed by atoms with E-state index in [1.807, 2.05) is 0 Å². The summed E-state index contributed by atoms with van der Waals surface area (Å²) < 4.78 is 45.3. The van der Waals surface area contributed by atoms with Crippen LogP contribution in [0.15, 0.2) is 12.7 Å². The van der Waals surface area contributed by atoms with Gasteiger partial charge in [-0.1, -0.05) is 0 Å². The number of morpholine rings is 1. The molecule has 0 aromatic carbocycles. The quantitative estimate of drug-likeness (QED) is 0.535. The van der Waals surface area contributed by atoms with Crippen LogP contribution >= 0.6 is 7.75 Å². The average Bonchev–Trinajstić information content (AvgIpc) is 3.24. The first-order chi connectivity index (χ1) is 13.4. The average molecular weight is 418 g/mol. The van der Waals surface area contributed by atoms with Crippen LogP contribution in [-0.2, 0) is 18.6 Å². The van der Waals surface area contributed by atoms with Gasteiger partial charge in [-0.15, -0.1) is 0 Å². The summed E-state index contributed by atoms with van der Waals surface area (Å²) in [6, 6.07) is 0. The number of imidazole rings is 1. The van der Waals surface area contributed by atoms with E-state index in [1.165, 1.54) is 21.9 Å². The lowest BCUT2D eigenvalue weighted by atomic mass is 10.1. The third-order valence-corrected chi connectivity index (χ3v) is 6.30. The number of hydrogen-bond donors (Lipinski definition) is 3. The molecular weight excluding hydrogens is 398 g/mol. The molecule has 0 radical (unpaired) electrons. The zero-order chi connectivity index (χ0) is 19.9. The number of nitrogen functional groups attached to an aromatic ring is 1. The van der Waals surface area contributed by atoms with Crippen molar-refractivity contribution in [3.05, 3.63) is 12.7 Å². The lowest BCUT2D eigenvalue weighted by Gasteiger charge is -2.30. The number of aliphatic hydroxyl groups excluding tert-OH is 1. The number of hydrogen-bond acceptors (Lipinski definition) is 9. The van der Waals surface area contributed by atoms with Crippen molar-refractivity contribution < 1.29 is 33.0 Å². The first-order valence-corrected chi connectivity index (χ1v) is 10.1. The van der Waals surface area contributed by atoms with Crippen molar-refractivity contribution in [1.82, 2.24) is 24.2 Å². The molecule has 5 atom stereocenters. The fraction of sp³-hybridized carbons (Fsp3) is 0.643. The minimum Gasteiger partial charge on any atom is -0.385 e. The molecular formula is C14H20FN6O6P. The van der Waals surface area contributed by atoms with Crippen molar-refractivity contribution in [3.8, 4) is 0 Å². The van der Waals surface area contributed by atoms with E-state index < -0.39 is 39.0 Å². The van der Waals surface area contributed by atoms with Gasteiger partial charge in [-0.2, -0.15) is 0 Å². The minimum absolute atomic E-state index is 0.139. The summed E-state index contributed by atoms with van der Waals surface area (Å²) >= 11 is 0. The standard InChI is InChI=1S/C14H20FN6O6P/c15-9-8(5-26-28(23,24)20-1-3-25-4-2-20)27-14(11(9)22)21-7-19-10-12(16)17-6-18-13(10)21/h6-9,11,14,22H,1-5H2,(H,23,24)(H2,16,17,18)/t8-,9-,11?,14-/m1/s1. The van der Waals surface area contributed by atoms with Crippen LogP contribution in [-0.4, -0.2) is 85.5 Å². The minimum atomic E-state index is -4.12. The Bertz CT molecular complexity index is 894. The highest BCUT2D eigenvalue weighted by Gasteiger charge is 2.47. The summed E-state index contributed by atoms with van der Waals surface area (Å²) in [6.07, 6.45) is -3.27. The van der Waals surface area contributed by atoms with E-state index in [4.69, 9.17) is 19.7 Å². The van der Waals surface area contributed by atoms with E-state index >= 15 is 0 Å². The SMILES string of the molecule is Nc1ncnc2c1ncn2[C@@H]1O[C@H](COP(=O)(O)N2CCOCC2)[C@@H](F)C1O. The molecule has 0 spiro atoms. The van der Waals surface area contributed by atoms with Gasteiger partial charge in [0.05, 0.1) is 26.1 Å². The molecule has 2 fully saturated rings. The van der Waals surface area contributed by atoms with Crippen LogP contribution in [0, 0.1) is 0 Å². The summed E-state index contributed by atoms with van der Waals surface area (Å²) in [7, 11) is -4.12. The van der Waals surface area contributed by atoms with Crippen LogP contribution in [0.1, 0.15) is 6.23 Å². The molecule has 0 bridgehead atoms. The summed E-state index contributed by atoms with van der Waals surface area (Å²) in [5, 5.41) is 10.3. The van der Waals surface area contributed by atoms with E-state index in [9.17, 15) is 19.0 Å². The topological polar surface area (TPSA) is 158 Å². The molecule has 2 aliphatic heterocycles. The number of halogens is 1. The van der Waals surface area contributed by atoms with Crippen LogP contribution in [0.3, 0.4) is 0 Å². The molecule has 0 amide bonds. The predicted octanol–water partition coefficient (Wildman–Crippen LogP) is -0.546. The van der Waals surface area contributed by atoms with Gasteiger partial charge >= 0.3 is 7.75 Å². The van der Waals surface area contributed by atoms with E-state index in [1.54, 1.807) is 0 Å². The molecule has 0 saturated carbocycles. The van der Waals surface area contributed by atoms with Crippen molar-refractivity contribution in [2.75, 3.05) is 38.6 Å². The van der Waals surface area contributed by atoms with Gasteiger partial charge in [-0.3, -0.25) is 9.09 Å². The molecule has 4 heterocycles. The molecule has 4 rings (SSSR count). The van der Waals surface area contributed by atoms with Gasteiger partial charge in [0.1, 0.15) is 24.1 Å². The Morgan fingerprint density at radius 1 is 1.36 bits per heavy atom. The molecule has 2 unspecified atom stereocenters. The second kappa shape index (κ2) is 7.59. The van der Waals surface area contributed by atoms with Crippen LogP contribution in [0.5, 0.6) is 0 Å². The number of alkyl halides is 1. The highest BCUT2D eigenvalue weighted by Crippen LogP contribution is 2.47. The highest BCUT2D eigenvalue weighted by atomic mass is 31.2. The zero-order valence-electron chi connectivity index (χ0n) is 14.7. The Morgan fingerprint density at radius 3 is 2.86 bits per heavy atom. The van der Waals surface area contributed by atoms with Crippen molar-refractivity contribution >= 4 is 24.7 Å². The first kappa shape index (κ1) is 19.6. The Balaban J connectivity index is 1.47. The largest absolute Gasteiger partial charge is 0.405 e. The van der Waals surface area contributed by atoms with Crippen molar-refractivity contribution in [2.24, 2.45) is 0 Å². The van der Waals surface area contributed by atoms with E-state index in [0.717, 1.165) is 0 Å². The summed E-state index contributed by atoms with van der Waals surface area (Å²) in [6.45, 7) is 0.555. The van der Waals surface area contributed by atoms with Crippen LogP contribution in [0.2, 0.25) is 0 Å². The summed E-state index contributed by atoms with van der Waals surface area (Å²) in [4.78, 5) is 22.0. The lowest BCUT2D eigenvalue weighted by molar-refractivity contribution is -0.0492. The Hall–Kier alpha value is -1.73. The maximum atomic E-state index is 14.6. The van der Waals surface area contributed by atoms with Crippen molar-refractivity contribution in [1.29, 1.82) is 0 Å². The number of aliphatic hydroxyl groups is 1. The Morgan fingerprint density at radius 2 is 2.11 bits per heavy atom. The number of fused-ring (bicyclic) bond motifs is 1. The monoisotopic (exact) mass is 418 g/mol. The van der Waals surface area contributed by atoms with Crippen molar-refractivity contribution in [2.45, 2.75) is 24.6 Å². The number of ether oxygens (including phenoxy) is 2. The second-order valence-corrected chi connectivity index (χ2v) is 8.24. The highest BCUT2D eigenvalue weighted by molar-refractivity contribution is 7.50. The van der Waals surface area contributed by atoms with Gasteiger partial charge < -0.3 is 25.2 Å². The fourth-order valence-electron chi connectivity index (χ4n) is 3.19. The van der Waals surface area contributed by atoms with Gasteiger partial charge in [-0.25, -0.2) is 28.6 Å². The number of nitrogens with zero attached hydrogens (tertiary/aromatic N) is 5. The third kappa shape index (κ3) is 3.50. The van der Waals surface area contributed by atoms with Crippen molar-refractivity contribution in [3.63, 3.8) is 0 Å². The molecule has 2 aliphatic rings. The van der Waals surface area contributed by atoms with Crippen LogP contribution < -0.4 is 5.73 Å². The predicted molar refractivity (Wildman–Crippen MR) is 92.7 cm³/mol. The third-order valence-electron chi connectivity index (χ3n) is 4.70. The van der Waals surface area contributed by atoms with E-state index in [-0.39, 0.29) is 24.6 Å². The molecule has 12 nitrogen and oxygen atoms in total. The Labute approximate surface area is 158 Å². The molecule has 2 aromatic heterocycles. The smallest absolute Gasteiger partial charge is 0.385 e. The van der Waals surface area contributed by atoms with Gasteiger partial charge in [0.2, 0.25) is 0 Å². The van der Waals surface area contributed by atoms with E-state index in [2.05, 4.69) is 15.0 Å². The number of nitrogens with two attached hydrogens (primary N) is 1. The van der Waals surface area contributed by atoms with Gasteiger partial charge in [0.25, 0.3) is 0 Å². The fourth-order valence-corrected chi connectivity index (χ4v) is 4.36. The van der Waals surface area contributed by atoms with Gasteiger partial charge in [-0.05, 0) is 0 Å². The Kier molecular flexibility index (Phi) is 5.31. The normalized spacial score (nSPS) is 31.2.